The molecule has 1 fully saturated rings. The first-order valence-corrected chi connectivity index (χ1v) is 14.3. The monoisotopic (exact) mass is 437 g/mol. The normalized spacial score (nSPS) is 19.2. The number of aliphatic hydroxyl groups excluding tert-OH is 1. The van der Waals surface area contributed by atoms with E-state index in [1.54, 1.807) is 0 Å². The molecule has 0 spiro atoms. The molecule has 0 aromatic carbocycles. The number of hydrogen-bond acceptors (Lipinski definition) is 2. The number of aliphatic hydroxyl groups is 1. The van der Waals surface area contributed by atoms with Crippen LogP contribution in [0.2, 0.25) is 0 Å². The second-order valence-corrected chi connectivity index (χ2v) is 11.8. The quantitative estimate of drug-likeness (QED) is 0.204. The summed E-state index contributed by atoms with van der Waals surface area (Å²) >= 11 is 0. The highest BCUT2D eigenvalue weighted by molar-refractivity contribution is 4.99. The van der Waals surface area contributed by atoms with E-state index < -0.39 is 0 Å². The molecule has 1 aliphatic rings. The van der Waals surface area contributed by atoms with Crippen LogP contribution in [0.5, 0.6) is 0 Å². The Balaban J connectivity index is 1.88. The smallest absolute Gasteiger partial charge is 0.0575 e. The molecule has 31 heavy (non-hydrogen) atoms. The summed E-state index contributed by atoms with van der Waals surface area (Å²) in [5.41, 5.74) is 0.242. The van der Waals surface area contributed by atoms with Crippen molar-refractivity contribution in [2.24, 2.45) is 0 Å². The molecule has 0 unspecified atom stereocenters. The number of piperidine rings is 1. The molecule has 0 aliphatic carbocycles. The van der Waals surface area contributed by atoms with E-state index in [1.165, 1.54) is 122 Å². The van der Waals surface area contributed by atoms with Gasteiger partial charge in [0.1, 0.15) is 0 Å². The Bertz CT molecular complexity index is 399. The number of nitrogens with zero attached hydrogens (tertiary/aromatic N) is 1. The fourth-order valence-corrected chi connectivity index (χ4v) is 6.04. The Morgan fingerprint density at radius 3 is 1.16 bits per heavy atom. The van der Waals surface area contributed by atoms with Crippen molar-refractivity contribution in [2.45, 2.75) is 180 Å². The minimum absolute atomic E-state index is 0.121. The molecule has 1 rings (SSSR count). The number of likely N-dealkylation sites (tertiary alicyclic amines) is 1. The van der Waals surface area contributed by atoms with Gasteiger partial charge in [-0.25, -0.2) is 0 Å². The van der Waals surface area contributed by atoms with Gasteiger partial charge >= 0.3 is 0 Å². The van der Waals surface area contributed by atoms with Gasteiger partial charge in [0, 0.05) is 11.1 Å². The lowest BCUT2D eigenvalue weighted by Crippen LogP contribution is -2.61. The summed E-state index contributed by atoms with van der Waals surface area (Å²) in [6.07, 6.45) is 27.5. The summed E-state index contributed by atoms with van der Waals surface area (Å²) in [5, 5.41) is 10.2. The predicted octanol–water partition coefficient (Wildman–Crippen LogP) is 9.04. The summed E-state index contributed by atoms with van der Waals surface area (Å²) < 4.78 is 0. The molecule has 1 aliphatic heterocycles. The van der Waals surface area contributed by atoms with E-state index >= 15 is 0 Å². The summed E-state index contributed by atoms with van der Waals surface area (Å²) in [7, 11) is 0. The van der Waals surface area contributed by atoms with E-state index in [9.17, 15) is 5.11 Å². The second-order valence-electron chi connectivity index (χ2n) is 11.8. The molecule has 0 atom stereocenters. The molecule has 0 amide bonds. The Kier molecular flexibility index (Phi) is 15.4. The first kappa shape index (κ1) is 29.0. The van der Waals surface area contributed by atoms with Crippen LogP contribution in [0.15, 0.2) is 0 Å². The van der Waals surface area contributed by atoms with Gasteiger partial charge in [-0.2, -0.15) is 0 Å². The van der Waals surface area contributed by atoms with Gasteiger partial charge < -0.3 is 5.11 Å². The average Bonchev–Trinajstić information content (AvgIpc) is 2.67. The zero-order valence-corrected chi connectivity index (χ0v) is 22.3. The minimum atomic E-state index is -0.137. The van der Waals surface area contributed by atoms with Gasteiger partial charge in [0.25, 0.3) is 0 Å². The second kappa shape index (κ2) is 16.5. The Hall–Kier alpha value is -0.0800. The van der Waals surface area contributed by atoms with Crippen LogP contribution in [-0.2, 0) is 0 Å². The van der Waals surface area contributed by atoms with Gasteiger partial charge in [0.05, 0.1) is 6.10 Å². The van der Waals surface area contributed by atoms with Gasteiger partial charge in [-0.1, -0.05) is 116 Å². The van der Waals surface area contributed by atoms with Crippen molar-refractivity contribution in [3.8, 4) is 0 Å². The zero-order valence-electron chi connectivity index (χ0n) is 22.3. The van der Waals surface area contributed by atoms with Gasteiger partial charge in [0.2, 0.25) is 0 Å². The Morgan fingerprint density at radius 1 is 0.548 bits per heavy atom. The summed E-state index contributed by atoms with van der Waals surface area (Å²) in [6.45, 7) is 12.7. The maximum absolute atomic E-state index is 10.2. The van der Waals surface area contributed by atoms with Crippen molar-refractivity contribution in [2.75, 3.05) is 6.54 Å². The lowest BCUT2D eigenvalue weighted by Gasteiger charge is -2.54. The molecule has 2 nitrogen and oxygen atoms in total. The van der Waals surface area contributed by atoms with Gasteiger partial charge in [-0.15, -0.1) is 0 Å². The van der Waals surface area contributed by atoms with Crippen molar-refractivity contribution in [3.05, 3.63) is 0 Å². The van der Waals surface area contributed by atoms with Gasteiger partial charge in [-0.05, 0) is 53.5 Å². The van der Waals surface area contributed by atoms with E-state index in [4.69, 9.17) is 0 Å². The third-order valence-electron chi connectivity index (χ3n) is 7.67. The molecule has 0 aromatic rings. The van der Waals surface area contributed by atoms with Crippen LogP contribution in [0.4, 0.5) is 0 Å². The van der Waals surface area contributed by atoms with Crippen LogP contribution >= 0.6 is 0 Å². The van der Waals surface area contributed by atoms with Crippen LogP contribution in [0.25, 0.3) is 0 Å². The number of unbranched alkanes of at least 4 members (excludes halogenated alkanes) is 17. The Morgan fingerprint density at radius 2 is 0.839 bits per heavy atom. The standard InChI is InChI=1S/C29H59NO/c1-6-7-8-9-10-11-12-13-14-15-16-17-18-19-20-21-22-23-24-30-28(2,3)25-27(31)26-29(30,4)5/h27,31H,6-26H2,1-5H3. The van der Waals surface area contributed by atoms with Crippen molar-refractivity contribution in [1.29, 1.82) is 0 Å². The molecule has 0 saturated carbocycles. The van der Waals surface area contributed by atoms with Crippen LogP contribution in [0.3, 0.4) is 0 Å². The summed E-state index contributed by atoms with van der Waals surface area (Å²) in [5.74, 6) is 0. The molecule has 0 radical (unpaired) electrons. The van der Waals surface area contributed by atoms with Crippen LogP contribution in [0.1, 0.15) is 163 Å². The molecular formula is C29H59NO. The largest absolute Gasteiger partial charge is 0.393 e. The number of rotatable bonds is 19. The van der Waals surface area contributed by atoms with Crippen molar-refractivity contribution < 1.29 is 5.11 Å². The van der Waals surface area contributed by atoms with E-state index in [-0.39, 0.29) is 17.2 Å². The summed E-state index contributed by atoms with van der Waals surface area (Å²) in [4.78, 5) is 2.67. The number of hydrogen-bond donors (Lipinski definition) is 1. The predicted molar refractivity (Wildman–Crippen MR) is 139 cm³/mol. The molecule has 1 saturated heterocycles. The van der Waals surface area contributed by atoms with Crippen LogP contribution < -0.4 is 0 Å². The van der Waals surface area contributed by atoms with Crippen LogP contribution in [0, 0.1) is 0 Å². The average molecular weight is 438 g/mol. The maximum Gasteiger partial charge on any atom is 0.0575 e. The Labute approximate surface area is 197 Å². The molecule has 186 valence electrons. The van der Waals surface area contributed by atoms with E-state index in [0.717, 1.165) is 12.8 Å². The first-order chi connectivity index (χ1) is 14.8. The van der Waals surface area contributed by atoms with Crippen molar-refractivity contribution in [1.82, 2.24) is 4.90 Å². The molecule has 1 heterocycles. The first-order valence-electron chi connectivity index (χ1n) is 14.3. The lowest BCUT2D eigenvalue weighted by molar-refractivity contribution is -0.0810. The highest BCUT2D eigenvalue weighted by atomic mass is 16.3. The van der Waals surface area contributed by atoms with E-state index in [1.807, 2.05) is 0 Å². The third kappa shape index (κ3) is 13.3. The molecular weight excluding hydrogens is 378 g/mol. The highest BCUT2D eigenvalue weighted by Crippen LogP contribution is 2.38. The summed E-state index contributed by atoms with van der Waals surface area (Å²) in [6, 6.07) is 0. The molecule has 1 N–H and O–H groups in total. The minimum Gasteiger partial charge on any atom is -0.393 e. The maximum atomic E-state index is 10.2. The fraction of sp³-hybridized carbons (Fsp3) is 1.00. The fourth-order valence-electron chi connectivity index (χ4n) is 6.04. The third-order valence-corrected chi connectivity index (χ3v) is 7.67. The zero-order chi connectivity index (χ0) is 23.0. The lowest BCUT2D eigenvalue weighted by atomic mass is 9.78. The van der Waals surface area contributed by atoms with Gasteiger partial charge in [0.15, 0.2) is 0 Å². The highest BCUT2D eigenvalue weighted by Gasteiger charge is 2.44. The topological polar surface area (TPSA) is 23.5 Å². The molecule has 0 bridgehead atoms. The van der Waals surface area contributed by atoms with E-state index in [0.29, 0.717) is 0 Å². The van der Waals surface area contributed by atoms with Crippen molar-refractivity contribution >= 4 is 0 Å². The molecule has 2 heteroatoms. The van der Waals surface area contributed by atoms with Crippen molar-refractivity contribution in [3.63, 3.8) is 0 Å². The van der Waals surface area contributed by atoms with E-state index in [2.05, 4.69) is 39.5 Å². The van der Waals surface area contributed by atoms with Crippen LogP contribution in [-0.4, -0.2) is 33.7 Å². The SMILES string of the molecule is CCCCCCCCCCCCCCCCCCCCN1C(C)(C)CC(O)CC1(C)C. The molecule has 0 aromatic heterocycles. The van der Waals surface area contributed by atoms with Gasteiger partial charge in [-0.3, -0.25) is 4.90 Å².